The van der Waals surface area contributed by atoms with Gasteiger partial charge in [-0.15, -0.1) is 0 Å². The third-order valence-electron chi connectivity index (χ3n) is 3.91. The molecule has 3 rings (SSSR count). The molecule has 122 valence electrons. The molecule has 0 bridgehead atoms. The van der Waals surface area contributed by atoms with E-state index in [0.717, 1.165) is 37.3 Å². The minimum Gasteiger partial charge on any atom is -0.444 e. The summed E-state index contributed by atoms with van der Waals surface area (Å²) in [5, 5.41) is 10.4. The molecule has 7 heteroatoms. The maximum absolute atomic E-state index is 11.9. The van der Waals surface area contributed by atoms with Crippen molar-refractivity contribution in [3.63, 3.8) is 0 Å². The smallest absolute Gasteiger partial charge is 0.414 e. The maximum Gasteiger partial charge on any atom is 0.414 e. The number of piperidine rings is 1. The van der Waals surface area contributed by atoms with Crippen molar-refractivity contribution in [2.75, 3.05) is 18.4 Å². The van der Waals surface area contributed by atoms with Gasteiger partial charge in [0.1, 0.15) is 6.61 Å². The molecule has 23 heavy (non-hydrogen) atoms. The first-order valence-electron chi connectivity index (χ1n) is 7.82. The SMILES string of the molecule is Cn1nc(C2CCNCC2)nc1NC(=O)OCc1ccccc1. The van der Waals surface area contributed by atoms with E-state index in [4.69, 9.17) is 4.74 Å². The van der Waals surface area contributed by atoms with Gasteiger partial charge in [0.2, 0.25) is 5.95 Å². The number of anilines is 1. The van der Waals surface area contributed by atoms with Gasteiger partial charge < -0.3 is 10.1 Å². The first kappa shape index (κ1) is 15.5. The largest absolute Gasteiger partial charge is 0.444 e. The van der Waals surface area contributed by atoms with Crippen LogP contribution in [0.25, 0.3) is 0 Å². The van der Waals surface area contributed by atoms with Crippen LogP contribution in [0.2, 0.25) is 0 Å². The van der Waals surface area contributed by atoms with Crippen LogP contribution in [0.3, 0.4) is 0 Å². The highest BCUT2D eigenvalue weighted by Crippen LogP contribution is 2.23. The average Bonchev–Trinajstić information content (AvgIpc) is 2.95. The van der Waals surface area contributed by atoms with Gasteiger partial charge in [0.05, 0.1) is 0 Å². The molecule has 7 nitrogen and oxygen atoms in total. The van der Waals surface area contributed by atoms with Crippen LogP contribution in [0.5, 0.6) is 0 Å². The van der Waals surface area contributed by atoms with Gasteiger partial charge in [-0.25, -0.2) is 9.48 Å². The average molecular weight is 315 g/mol. The van der Waals surface area contributed by atoms with E-state index in [1.54, 1.807) is 11.7 Å². The Bertz CT molecular complexity index is 650. The van der Waals surface area contributed by atoms with Crippen LogP contribution in [-0.4, -0.2) is 33.9 Å². The lowest BCUT2D eigenvalue weighted by Gasteiger charge is -2.19. The normalized spacial score (nSPS) is 15.3. The molecule has 1 aliphatic heterocycles. The van der Waals surface area contributed by atoms with Crippen molar-refractivity contribution in [2.24, 2.45) is 7.05 Å². The van der Waals surface area contributed by atoms with E-state index in [-0.39, 0.29) is 6.61 Å². The van der Waals surface area contributed by atoms with Gasteiger partial charge in [0.25, 0.3) is 0 Å². The van der Waals surface area contributed by atoms with Gasteiger partial charge in [-0.1, -0.05) is 30.3 Å². The number of rotatable bonds is 4. The van der Waals surface area contributed by atoms with E-state index in [0.29, 0.717) is 11.9 Å². The molecular weight excluding hydrogens is 294 g/mol. The van der Waals surface area contributed by atoms with Crippen LogP contribution in [0.4, 0.5) is 10.7 Å². The zero-order valence-electron chi connectivity index (χ0n) is 13.2. The Balaban J connectivity index is 1.56. The molecule has 0 unspecified atom stereocenters. The number of hydrogen-bond donors (Lipinski definition) is 2. The van der Waals surface area contributed by atoms with Gasteiger partial charge in [-0.2, -0.15) is 10.1 Å². The Morgan fingerprint density at radius 3 is 2.83 bits per heavy atom. The second-order valence-corrected chi connectivity index (χ2v) is 5.63. The summed E-state index contributed by atoms with van der Waals surface area (Å²) in [6.07, 6.45) is 1.50. The second kappa shape index (κ2) is 7.23. The topological polar surface area (TPSA) is 81.1 Å². The summed E-state index contributed by atoms with van der Waals surface area (Å²) in [4.78, 5) is 16.3. The number of aryl methyl sites for hydroxylation is 1. The summed E-state index contributed by atoms with van der Waals surface area (Å²) in [5.74, 6) is 1.54. The Morgan fingerprint density at radius 1 is 1.35 bits per heavy atom. The lowest BCUT2D eigenvalue weighted by molar-refractivity contribution is 0.155. The molecule has 1 aromatic carbocycles. The van der Waals surface area contributed by atoms with Gasteiger partial charge >= 0.3 is 6.09 Å². The molecule has 0 saturated carbocycles. The zero-order valence-corrected chi connectivity index (χ0v) is 13.2. The number of benzene rings is 1. The molecule has 2 N–H and O–H groups in total. The third-order valence-corrected chi connectivity index (χ3v) is 3.91. The Hall–Kier alpha value is -2.41. The Labute approximate surface area is 135 Å². The summed E-state index contributed by atoms with van der Waals surface area (Å²) in [6, 6.07) is 9.55. The minimum atomic E-state index is -0.527. The summed E-state index contributed by atoms with van der Waals surface area (Å²) in [7, 11) is 1.77. The monoisotopic (exact) mass is 315 g/mol. The van der Waals surface area contributed by atoms with Crippen molar-refractivity contribution in [1.29, 1.82) is 0 Å². The third kappa shape index (κ3) is 4.07. The molecule has 1 fully saturated rings. The molecule has 2 aromatic rings. The number of carbonyl (C=O) groups is 1. The number of ether oxygens (including phenoxy) is 1. The van der Waals surface area contributed by atoms with Gasteiger partial charge in [0.15, 0.2) is 5.82 Å². The second-order valence-electron chi connectivity index (χ2n) is 5.63. The zero-order chi connectivity index (χ0) is 16.1. The number of nitrogens with zero attached hydrogens (tertiary/aromatic N) is 3. The van der Waals surface area contributed by atoms with Gasteiger partial charge in [0, 0.05) is 13.0 Å². The lowest BCUT2D eigenvalue weighted by atomic mass is 9.98. The van der Waals surface area contributed by atoms with E-state index < -0.39 is 6.09 Å². The predicted molar refractivity (Wildman–Crippen MR) is 86.1 cm³/mol. The van der Waals surface area contributed by atoms with Crippen molar-refractivity contribution < 1.29 is 9.53 Å². The highest BCUT2D eigenvalue weighted by Gasteiger charge is 2.21. The van der Waals surface area contributed by atoms with Gasteiger partial charge in [-0.05, 0) is 31.5 Å². The van der Waals surface area contributed by atoms with Crippen LogP contribution >= 0.6 is 0 Å². The highest BCUT2D eigenvalue weighted by atomic mass is 16.5. The molecule has 2 heterocycles. The summed E-state index contributed by atoms with van der Waals surface area (Å²) >= 11 is 0. The van der Waals surface area contributed by atoms with Crippen LogP contribution in [0.15, 0.2) is 30.3 Å². The minimum absolute atomic E-state index is 0.228. The molecule has 1 amide bonds. The Kier molecular flexibility index (Phi) is 4.87. The quantitative estimate of drug-likeness (QED) is 0.902. The number of hydrogen-bond acceptors (Lipinski definition) is 5. The molecule has 1 aromatic heterocycles. The van der Waals surface area contributed by atoms with E-state index in [1.165, 1.54) is 0 Å². The van der Waals surface area contributed by atoms with Gasteiger partial charge in [-0.3, -0.25) is 5.32 Å². The van der Waals surface area contributed by atoms with E-state index in [1.807, 2.05) is 30.3 Å². The highest BCUT2D eigenvalue weighted by molar-refractivity contribution is 5.82. The fourth-order valence-electron chi connectivity index (χ4n) is 2.62. The standard InChI is InChI=1S/C16H21N5O2/c1-21-15(18-14(20-21)13-7-9-17-10-8-13)19-16(22)23-11-12-5-3-2-4-6-12/h2-6,13,17H,7-11H2,1H3,(H,18,19,20,22). The molecule has 0 atom stereocenters. The van der Waals surface area contributed by atoms with E-state index in [2.05, 4.69) is 20.7 Å². The van der Waals surface area contributed by atoms with Crippen LogP contribution in [-0.2, 0) is 18.4 Å². The van der Waals surface area contributed by atoms with Crippen LogP contribution in [0.1, 0.15) is 30.1 Å². The molecule has 1 saturated heterocycles. The van der Waals surface area contributed by atoms with Crippen molar-refractivity contribution in [3.05, 3.63) is 41.7 Å². The first-order valence-corrected chi connectivity index (χ1v) is 7.82. The predicted octanol–water partition coefficient (Wildman–Crippen LogP) is 2.03. The van der Waals surface area contributed by atoms with Crippen molar-refractivity contribution in [1.82, 2.24) is 20.1 Å². The lowest BCUT2D eigenvalue weighted by Crippen LogP contribution is -2.27. The van der Waals surface area contributed by atoms with E-state index >= 15 is 0 Å². The number of carbonyl (C=O) groups excluding carboxylic acids is 1. The van der Waals surface area contributed by atoms with Crippen molar-refractivity contribution in [2.45, 2.75) is 25.4 Å². The fraction of sp³-hybridized carbons (Fsp3) is 0.438. The maximum atomic E-state index is 11.9. The van der Waals surface area contributed by atoms with Crippen molar-refractivity contribution >= 4 is 12.0 Å². The fourth-order valence-corrected chi connectivity index (χ4v) is 2.62. The summed E-state index contributed by atoms with van der Waals surface area (Å²) in [6.45, 7) is 2.18. The first-order chi connectivity index (χ1) is 11.2. The van der Waals surface area contributed by atoms with Crippen LogP contribution in [0, 0.1) is 0 Å². The Morgan fingerprint density at radius 2 is 2.09 bits per heavy atom. The van der Waals surface area contributed by atoms with Crippen LogP contribution < -0.4 is 10.6 Å². The van der Waals surface area contributed by atoms with Crippen molar-refractivity contribution in [3.8, 4) is 0 Å². The number of amides is 1. The number of nitrogens with one attached hydrogen (secondary N) is 2. The number of aromatic nitrogens is 3. The summed E-state index contributed by atoms with van der Waals surface area (Å²) < 4.78 is 6.79. The summed E-state index contributed by atoms with van der Waals surface area (Å²) in [5.41, 5.74) is 0.941. The molecule has 0 spiro atoms. The molecular formula is C16H21N5O2. The van der Waals surface area contributed by atoms with E-state index in [9.17, 15) is 4.79 Å². The molecule has 0 radical (unpaired) electrons. The molecule has 0 aliphatic carbocycles. The molecule has 1 aliphatic rings.